The van der Waals surface area contributed by atoms with Crippen LogP contribution in [-0.4, -0.2) is 78.0 Å². The molecule has 1 aromatic rings. The highest BCUT2D eigenvalue weighted by molar-refractivity contribution is 8.01. The van der Waals surface area contributed by atoms with E-state index in [9.17, 15) is 13.2 Å². The van der Waals surface area contributed by atoms with Crippen LogP contribution in [0.2, 0.25) is 18.1 Å². The maximum Gasteiger partial charge on any atom is 0.357 e. The summed E-state index contributed by atoms with van der Waals surface area (Å²) in [6, 6.07) is 0. The number of thioether (sulfide) groups is 1. The number of hydrogen-bond acceptors (Lipinski definition) is 11. The Morgan fingerprint density at radius 1 is 1.23 bits per heavy atom. The molecular weight excluding hydrogens is 579 g/mol. The van der Waals surface area contributed by atoms with Crippen molar-refractivity contribution < 1.29 is 36.0 Å². The molecule has 5 atom stereocenters. The van der Waals surface area contributed by atoms with Gasteiger partial charge in [0.15, 0.2) is 24.6 Å². The zero-order valence-corrected chi connectivity index (χ0v) is 27.7. The second-order valence-corrected chi connectivity index (χ2v) is 20.4. The maximum atomic E-state index is 12.2. The fraction of sp³-hybridized carbons (Fsp3) is 0.846. The van der Waals surface area contributed by atoms with E-state index in [2.05, 4.69) is 38.8 Å². The molecule has 0 spiro atoms. The third-order valence-electron chi connectivity index (χ3n) is 7.82. The van der Waals surface area contributed by atoms with Crippen LogP contribution in [0.3, 0.4) is 0 Å². The van der Waals surface area contributed by atoms with E-state index in [0.717, 1.165) is 29.9 Å². The van der Waals surface area contributed by atoms with Crippen LogP contribution < -0.4 is 0 Å². The first-order valence-electron chi connectivity index (χ1n) is 13.7. The molecule has 2 heterocycles. The van der Waals surface area contributed by atoms with Gasteiger partial charge in [-0.3, -0.25) is 4.18 Å². The van der Waals surface area contributed by atoms with Crippen molar-refractivity contribution in [2.24, 2.45) is 11.8 Å². The van der Waals surface area contributed by atoms with Crippen LogP contribution >= 0.6 is 23.1 Å². The van der Waals surface area contributed by atoms with Gasteiger partial charge in [0, 0.05) is 36.7 Å². The van der Waals surface area contributed by atoms with Crippen LogP contribution in [0, 0.1) is 11.8 Å². The molecule has 0 aromatic carbocycles. The zero-order chi connectivity index (χ0) is 28.8. The molecule has 2 aliphatic rings. The Morgan fingerprint density at radius 3 is 2.59 bits per heavy atom. The monoisotopic (exact) mass is 623 g/mol. The zero-order valence-electron chi connectivity index (χ0n) is 24.3. The summed E-state index contributed by atoms with van der Waals surface area (Å²) in [5.74, 6) is 0.136. The molecule has 39 heavy (non-hydrogen) atoms. The van der Waals surface area contributed by atoms with E-state index in [0.29, 0.717) is 44.1 Å². The number of thiazole rings is 1. The minimum Gasteiger partial charge on any atom is -0.461 e. The Kier molecular flexibility index (Phi) is 11.9. The highest BCUT2D eigenvalue weighted by Gasteiger charge is 2.48. The first-order valence-corrected chi connectivity index (χ1v) is 20.3. The molecule has 3 rings (SSSR count). The number of carbonyl (C=O) groups excluding carboxylic acids is 1. The SMILES string of the molecule is CCOC(=O)c1csc(SCC[C@@H]2[C@@H](CO[Si](C)(C)C(C)(C)C)[C@H](OC3CCCCO3)C[C@@H]2OS(C)(=O)=O)n1. The predicted molar refractivity (Wildman–Crippen MR) is 156 cm³/mol. The summed E-state index contributed by atoms with van der Waals surface area (Å²) < 4.78 is 54.9. The first-order chi connectivity index (χ1) is 18.2. The lowest BCUT2D eigenvalue weighted by molar-refractivity contribution is -0.197. The standard InChI is InChI=1S/C26H45NO8S3Si/c1-8-31-24(28)20-17-37-25(27-20)36-14-12-18-19(16-33-39(6,7)26(2,3)4)21(15-22(18)35-38(5,29)30)34-23-11-9-10-13-32-23/h17-19,21-23H,8-16H2,1-7H3/t18-,19-,21-,22+,23?/m1/s1. The first kappa shape index (κ1) is 33.0. The van der Waals surface area contributed by atoms with E-state index in [1.54, 1.807) is 24.1 Å². The Labute approximate surface area is 243 Å². The molecule has 9 nitrogen and oxygen atoms in total. The van der Waals surface area contributed by atoms with E-state index in [4.69, 9.17) is 22.8 Å². The van der Waals surface area contributed by atoms with E-state index >= 15 is 0 Å². The second kappa shape index (κ2) is 14.1. The summed E-state index contributed by atoms with van der Waals surface area (Å²) in [7, 11) is -5.72. The molecule has 0 amide bonds. The molecule has 2 fully saturated rings. The van der Waals surface area contributed by atoms with Gasteiger partial charge in [-0.2, -0.15) is 8.42 Å². The normalized spacial score (nSPS) is 26.6. The van der Waals surface area contributed by atoms with Crippen LogP contribution in [-0.2, 0) is 32.9 Å². The highest BCUT2D eigenvalue weighted by Crippen LogP contribution is 2.44. The topological polar surface area (TPSA) is 110 Å². The number of nitrogens with zero attached hydrogens (tertiary/aromatic N) is 1. The minimum absolute atomic E-state index is 0.0385. The largest absolute Gasteiger partial charge is 0.461 e. The fourth-order valence-corrected chi connectivity index (χ4v) is 8.31. The van der Waals surface area contributed by atoms with Gasteiger partial charge >= 0.3 is 5.97 Å². The van der Waals surface area contributed by atoms with Crippen molar-refractivity contribution in [3.05, 3.63) is 11.1 Å². The summed E-state index contributed by atoms with van der Waals surface area (Å²) in [6.07, 6.45) is 4.15. The average Bonchev–Trinajstić information content (AvgIpc) is 3.42. The number of hydrogen-bond donors (Lipinski definition) is 0. The molecule has 1 aliphatic carbocycles. The van der Waals surface area contributed by atoms with Crippen molar-refractivity contribution >= 4 is 47.5 Å². The molecule has 0 N–H and O–H groups in total. The quantitative estimate of drug-likeness (QED) is 0.117. The van der Waals surface area contributed by atoms with Gasteiger partial charge in [0.25, 0.3) is 10.1 Å². The second-order valence-electron chi connectivity index (χ2n) is 11.8. The highest BCUT2D eigenvalue weighted by atomic mass is 32.2. The van der Waals surface area contributed by atoms with Crippen molar-refractivity contribution in [3.8, 4) is 0 Å². The van der Waals surface area contributed by atoms with E-state index < -0.39 is 30.5 Å². The third-order valence-corrected chi connectivity index (χ3v) is 15.0. The summed E-state index contributed by atoms with van der Waals surface area (Å²) in [5, 5.41) is 1.75. The van der Waals surface area contributed by atoms with Crippen molar-refractivity contribution in [2.75, 3.05) is 31.8 Å². The van der Waals surface area contributed by atoms with Crippen molar-refractivity contribution in [1.29, 1.82) is 0 Å². The van der Waals surface area contributed by atoms with Gasteiger partial charge in [-0.25, -0.2) is 9.78 Å². The molecule has 1 saturated heterocycles. The molecular formula is C26H45NO8S3Si. The van der Waals surface area contributed by atoms with Crippen molar-refractivity contribution in [2.45, 2.75) is 101 Å². The average molecular weight is 624 g/mol. The van der Waals surface area contributed by atoms with Crippen LogP contribution in [0.5, 0.6) is 0 Å². The Morgan fingerprint density at radius 2 is 1.97 bits per heavy atom. The lowest BCUT2D eigenvalue weighted by Gasteiger charge is -2.39. The lowest BCUT2D eigenvalue weighted by atomic mass is 9.92. The van der Waals surface area contributed by atoms with Gasteiger partial charge < -0.3 is 18.6 Å². The molecule has 1 aromatic heterocycles. The molecule has 0 bridgehead atoms. The third kappa shape index (κ3) is 9.76. The predicted octanol–water partition coefficient (Wildman–Crippen LogP) is 5.72. The van der Waals surface area contributed by atoms with Crippen LogP contribution in [0.25, 0.3) is 0 Å². The van der Waals surface area contributed by atoms with Gasteiger partial charge in [-0.15, -0.1) is 11.3 Å². The number of carbonyl (C=O) groups is 1. The maximum absolute atomic E-state index is 12.2. The van der Waals surface area contributed by atoms with Gasteiger partial charge in [0.1, 0.15) is 0 Å². The van der Waals surface area contributed by atoms with Gasteiger partial charge in [-0.05, 0) is 56.7 Å². The summed E-state index contributed by atoms with van der Waals surface area (Å²) in [6.45, 7) is 14.3. The van der Waals surface area contributed by atoms with E-state index in [1.807, 2.05) is 0 Å². The molecule has 1 unspecified atom stereocenters. The summed E-state index contributed by atoms with van der Waals surface area (Å²) >= 11 is 2.95. The van der Waals surface area contributed by atoms with Crippen LogP contribution in [0.4, 0.5) is 0 Å². The number of aromatic nitrogens is 1. The lowest BCUT2D eigenvalue weighted by Crippen LogP contribution is -2.44. The summed E-state index contributed by atoms with van der Waals surface area (Å²) in [5.41, 5.74) is 0.310. The smallest absolute Gasteiger partial charge is 0.357 e. The van der Waals surface area contributed by atoms with Gasteiger partial charge in [0.05, 0.1) is 25.1 Å². The number of rotatable bonds is 13. The molecule has 224 valence electrons. The fourth-order valence-electron chi connectivity index (χ4n) is 4.69. The number of esters is 1. The minimum atomic E-state index is -3.66. The van der Waals surface area contributed by atoms with Crippen LogP contribution in [0.1, 0.15) is 70.3 Å². The van der Waals surface area contributed by atoms with Gasteiger partial charge in [-0.1, -0.05) is 32.5 Å². The summed E-state index contributed by atoms with van der Waals surface area (Å²) in [4.78, 5) is 16.4. The molecule has 0 radical (unpaired) electrons. The Bertz CT molecular complexity index is 1040. The number of ether oxygens (including phenoxy) is 3. The van der Waals surface area contributed by atoms with E-state index in [-0.39, 0.29) is 29.3 Å². The molecule has 1 saturated carbocycles. The van der Waals surface area contributed by atoms with E-state index in [1.165, 1.54) is 11.3 Å². The Balaban J connectivity index is 1.77. The van der Waals surface area contributed by atoms with Crippen molar-refractivity contribution in [1.82, 2.24) is 4.98 Å². The van der Waals surface area contributed by atoms with Crippen LogP contribution in [0.15, 0.2) is 9.72 Å². The molecule has 1 aliphatic heterocycles. The Hall–Kier alpha value is -0.543. The molecule has 13 heteroatoms. The van der Waals surface area contributed by atoms with Gasteiger partial charge in [0.2, 0.25) is 0 Å². The van der Waals surface area contributed by atoms with Crippen molar-refractivity contribution in [3.63, 3.8) is 0 Å².